The van der Waals surface area contributed by atoms with Crippen LogP contribution in [0.4, 0.5) is 0 Å². The van der Waals surface area contributed by atoms with E-state index in [9.17, 15) is 66.4 Å². The number of methoxy groups -OCH3 is 2. The Morgan fingerprint density at radius 1 is 0.500 bits per heavy atom. The van der Waals surface area contributed by atoms with Crippen molar-refractivity contribution < 1.29 is 119 Å². The van der Waals surface area contributed by atoms with Gasteiger partial charge in [0.1, 0.15) is 60.4 Å². The molecule has 0 unspecified atom stereocenters. The van der Waals surface area contributed by atoms with Crippen molar-refractivity contribution in [3.8, 4) is 0 Å². The molecule has 2 heterocycles. The van der Waals surface area contributed by atoms with E-state index in [1.54, 1.807) is 20.8 Å². The Labute approximate surface area is 575 Å². The highest BCUT2D eigenvalue weighted by Gasteiger charge is 2.78. The fourth-order valence-electron chi connectivity index (χ4n) is 25.4. The number of allylic oxidation sites excluding steroid dienone is 2. The number of rotatable bonds is 11. The van der Waals surface area contributed by atoms with Crippen LogP contribution in [0.2, 0.25) is 0 Å². The van der Waals surface area contributed by atoms with Gasteiger partial charge >= 0.3 is 23.9 Å². The van der Waals surface area contributed by atoms with Crippen molar-refractivity contribution in [1.82, 2.24) is 0 Å². The smallest absolute Gasteiger partial charge is 0.318 e. The van der Waals surface area contributed by atoms with Gasteiger partial charge in [0.15, 0.2) is 0 Å². The minimum Gasteiger partial charge on any atom is -0.468 e. The molecule has 13 N–H and O–H groups in total. The molecule has 2 aliphatic heterocycles. The number of esters is 4. The van der Waals surface area contributed by atoms with Gasteiger partial charge in [0.05, 0.1) is 72.7 Å². The second-order valence-electron chi connectivity index (χ2n) is 35.4. The maximum absolute atomic E-state index is 16.0. The lowest BCUT2D eigenvalue weighted by molar-refractivity contribution is -0.300. The molecule has 0 bridgehead atoms. The van der Waals surface area contributed by atoms with Crippen molar-refractivity contribution in [2.24, 2.45) is 101 Å². The molecule has 0 spiro atoms. The average Bonchev–Trinajstić information content (AvgIpc) is 0.672. The van der Waals surface area contributed by atoms with Crippen molar-refractivity contribution >= 4 is 23.9 Å². The molecular formula is C74H114O24. The van der Waals surface area contributed by atoms with Gasteiger partial charge in [0.2, 0.25) is 12.6 Å². The Hall–Kier alpha value is -3.28. The molecule has 10 fully saturated rings. The van der Waals surface area contributed by atoms with E-state index >= 15 is 19.2 Å². The largest absolute Gasteiger partial charge is 0.468 e. The predicted octanol–water partition coefficient (Wildman–Crippen LogP) is 3.19. The summed E-state index contributed by atoms with van der Waals surface area (Å²) < 4.78 is 41.3. The van der Waals surface area contributed by atoms with Crippen LogP contribution in [0.15, 0.2) is 23.3 Å². The highest BCUT2D eigenvalue weighted by molar-refractivity contribution is 5.83. The minimum absolute atomic E-state index is 0.00220. The number of hydrogen-bond donors (Lipinski definition) is 13. The summed E-state index contributed by atoms with van der Waals surface area (Å²) in [6.07, 6.45) is -12.9. The van der Waals surface area contributed by atoms with Crippen molar-refractivity contribution in [3.05, 3.63) is 23.3 Å². The van der Waals surface area contributed by atoms with Gasteiger partial charge in [-0.2, -0.15) is 0 Å². The van der Waals surface area contributed by atoms with Gasteiger partial charge in [-0.25, -0.2) is 0 Å². The molecule has 0 aromatic rings. The van der Waals surface area contributed by atoms with Crippen LogP contribution in [0.3, 0.4) is 0 Å². The van der Waals surface area contributed by atoms with E-state index in [2.05, 4.69) is 46.8 Å². The van der Waals surface area contributed by atoms with Crippen LogP contribution in [0, 0.1) is 101 Å². The molecule has 2 saturated heterocycles. The number of fused-ring (bicyclic) bond motifs is 14. The quantitative estimate of drug-likeness (QED) is 0.0802. The SMILES string of the molecule is COC[C@H]1O[C@@H](OC(=O)[C@]23CC[C@@H](C)[C@@](C)(O)[C@H]2C2=CC[C@@H]4[C@@]5(C)C[C@@H](O)[C@H](O)[C@@](C)(C(=O)O[C@@H]6[C@H](O)C[C@@]7(C)[C@@H](CC[C@]8(C)[C@@H]7CC=C7[C@H]9[C@](C(=O)O[C@@H]%10O[C@H](CO)[C@@H](O)[C@H](O)[C@H]%10O)(CC[C@@H](C)[C@@]9(C)O)CC[C@]78C)[C@@]6(CO)C(=O)OC)[C@@H]5CC[C@@]4(C)[C@]2(C)CC3)[C@H](O)[C@@H](O)[C@@H]1O. The topological polar surface area (TPSA) is 396 Å². The Kier molecular flexibility index (Phi) is 18.7. The lowest BCUT2D eigenvalue weighted by Gasteiger charge is -2.72. The monoisotopic (exact) mass is 1390 g/mol. The number of ether oxygens (including phenoxy) is 7. The first kappa shape index (κ1) is 74.4. The summed E-state index contributed by atoms with van der Waals surface area (Å²) in [4.78, 5) is 61.3. The second-order valence-corrected chi connectivity index (χ2v) is 35.4. The Balaban J connectivity index is 0.841. The van der Waals surface area contributed by atoms with Gasteiger partial charge in [-0.15, -0.1) is 0 Å². The fraction of sp³-hybridized carbons (Fsp3) is 0.892. The van der Waals surface area contributed by atoms with E-state index in [0.717, 1.165) is 11.1 Å². The fourth-order valence-corrected chi connectivity index (χ4v) is 25.4. The molecule has 0 amide bonds. The predicted molar refractivity (Wildman–Crippen MR) is 346 cm³/mol. The van der Waals surface area contributed by atoms with Crippen LogP contribution >= 0.6 is 0 Å². The van der Waals surface area contributed by atoms with E-state index in [0.29, 0.717) is 70.6 Å². The van der Waals surface area contributed by atoms with E-state index in [-0.39, 0.29) is 62.4 Å². The summed E-state index contributed by atoms with van der Waals surface area (Å²) in [5.41, 5.74) is -12.3. The van der Waals surface area contributed by atoms with Crippen molar-refractivity contribution in [1.29, 1.82) is 0 Å². The molecule has 24 nitrogen and oxygen atoms in total. The first-order valence-electron chi connectivity index (χ1n) is 36.3. The third kappa shape index (κ3) is 9.76. The van der Waals surface area contributed by atoms with Gasteiger partial charge in [0, 0.05) is 18.9 Å². The van der Waals surface area contributed by atoms with Crippen LogP contribution < -0.4 is 0 Å². The molecular weight excluding hydrogens is 1270 g/mol. The molecule has 24 heteroatoms. The molecule has 0 radical (unpaired) electrons. The number of aliphatic hydroxyl groups is 13. The first-order valence-corrected chi connectivity index (χ1v) is 36.3. The van der Waals surface area contributed by atoms with Crippen LogP contribution in [0.25, 0.3) is 0 Å². The van der Waals surface area contributed by atoms with Crippen molar-refractivity contribution in [2.75, 3.05) is 34.0 Å². The zero-order chi connectivity index (χ0) is 72.0. The third-order valence-corrected chi connectivity index (χ3v) is 31.7. The van der Waals surface area contributed by atoms with Crippen LogP contribution in [-0.4, -0.2) is 221 Å². The highest BCUT2D eigenvalue weighted by atomic mass is 16.7. The van der Waals surface area contributed by atoms with Crippen LogP contribution in [-0.2, 0) is 52.3 Å². The van der Waals surface area contributed by atoms with Crippen LogP contribution in [0.5, 0.6) is 0 Å². The van der Waals surface area contributed by atoms with E-state index < -0.39 is 212 Å². The van der Waals surface area contributed by atoms with Gasteiger partial charge in [0.25, 0.3) is 0 Å². The lowest BCUT2D eigenvalue weighted by atomic mass is 9.32. The third-order valence-electron chi connectivity index (χ3n) is 31.7. The Bertz CT molecular complexity index is 3170. The van der Waals surface area contributed by atoms with Gasteiger partial charge in [-0.1, -0.05) is 78.7 Å². The van der Waals surface area contributed by atoms with Gasteiger partial charge < -0.3 is 99.5 Å². The zero-order valence-corrected chi connectivity index (χ0v) is 59.6. The Morgan fingerprint density at radius 3 is 1.39 bits per heavy atom. The summed E-state index contributed by atoms with van der Waals surface area (Å²) >= 11 is 0. The van der Waals surface area contributed by atoms with E-state index in [1.807, 2.05) is 20.8 Å². The average molecular weight is 1390 g/mol. The van der Waals surface area contributed by atoms with E-state index in [4.69, 9.17) is 33.2 Å². The highest BCUT2D eigenvalue weighted by Crippen LogP contribution is 2.79. The molecule has 0 aromatic carbocycles. The molecule has 8 saturated carbocycles. The molecule has 12 aliphatic rings. The molecule has 12 rings (SSSR count). The number of hydrogen-bond acceptors (Lipinski definition) is 24. The lowest BCUT2D eigenvalue weighted by Crippen LogP contribution is -2.73. The molecule has 554 valence electrons. The summed E-state index contributed by atoms with van der Waals surface area (Å²) in [6, 6.07) is 0. The van der Waals surface area contributed by atoms with Crippen LogP contribution in [0.1, 0.15) is 179 Å². The van der Waals surface area contributed by atoms with E-state index in [1.165, 1.54) is 14.2 Å². The van der Waals surface area contributed by atoms with Gasteiger partial charge in [-0.3, -0.25) is 19.2 Å². The molecule has 34 atom stereocenters. The number of aliphatic hydroxyl groups excluding tert-OH is 11. The summed E-state index contributed by atoms with van der Waals surface area (Å²) in [5, 5.41) is 151. The first-order chi connectivity index (χ1) is 45.6. The normalized spacial score (nSPS) is 55.7. The maximum atomic E-state index is 16.0. The Morgan fingerprint density at radius 2 is 0.939 bits per heavy atom. The number of carbonyl (C=O) groups is 4. The summed E-state index contributed by atoms with van der Waals surface area (Å²) in [6.45, 7) is 20.0. The van der Waals surface area contributed by atoms with Crippen molar-refractivity contribution in [3.63, 3.8) is 0 Å². The van der Waals surface area contributed by atoms with Gasteiger partial charge in [-0.05, 0) is 192 Å². The molecule has 10 aliphatic carbocycles. The minimum atomic E-state index is -2.05. The van der Waals surface area contributed by atoms with Crippen molar-refractivity contribution in [2.45, 2.75) is 276 Å². The maximum Gasteiger partial charge on any atom is 0.318 e. The second kappa shape index (κ2) is 24.7. The molecule has 98 heavy (non-hydrogen) atoms. The summed E-state index contributed by atoms with van der Waals surface area (Å²) in [5.74, 6) is -7.47. The standard InChI is InChI=1S/C74H114O24/c1-35-18-24-72(60(87)97-57-51(83)49(81)47(79)41(32-75)94-57)29-27-66(6)38(54(72)71(35,11)91)15-17-44-64(4)31-40(78)56(74(34-76,62(89)93-13)46(64)21-23-68(44,66)8)96-59(86)69(9)45-20-22-67(7)43(63(45,3)30-39(77)55(69)85)16-14-37-53-70(10,90)36(2)19-25-73(53,28-26-65(37,67)5)61(88)98-58-52(84)50(82)48(80)42(95-58)33-92-12/h14-15,35-36,39-58,75-85,90-91H,16-34H2,1-13H3/t35-,36-,39-,40-,41-,42-,43-,44-,45-,46-,47-,48-,49+,50+,51-,52-,53-,54-,55+,56-,57+,58+,63-,64-,65-,66-,67-,68-,69+,70-,71-,72+,73+,74-/m1/s1. The zero-order valence-electron chi connectivity index (χ0n) is 59.6. The number of carbonyl (C=O) groups excluding carboxylic acids is 4. The summed E-state index contributed by atoms with van der Waals surface area (Å²) in [7, 11) is 2.57. The molecule has 0 aromatic heterocycles.